The summed E-state index contributed by atoms with van der Waals surface area (Å²) in [6.07, 6.45) is 1.42. The van der Waals surface area contributed by atoms with Gasteiger partial charge >= 0.3 is 5.97 Å². The lowest BCUT2D eigenvalue weighted by atomic mass is 10.0. The first-order chi connectivity index (χ1) is 10.0. The molecule has 1 aromatic carbocycles. The average molecular weight is 290 g/mol. The number of carboxylic acid groups (broad SMARTS) is 1. The van der Waals surface area contributed by atoms with E-state index in [-0.39, 0.29) is 23.8 Å². The van der Waals surface area contributed by atoms with Crippen molar-refractivity contribution in [3.05, 3.63) is 35.4 Å². The highest BCUT2D eigenvalue weighted by atomic mass is 16.4. The summed E-state index contributed by atoms with van der Waals surface area (Å²) in [7, 11) is 1.54. The third-order valence-electron chi connectivity index (χ3n) is 3.71. The van der Waals surface area contributed by atoms with Gasteiger partial charge in [0.2, 0.25) is 11.8 Å². The predicted octanol–water partition coefficient (Wildman–Crippen LogP) is 0.664. The molecule has 0 bridgehead atoms. The molecular formula is C15H18N2O4. The summed E-state index contributed by atoms with van der Waals surface area (Å²) in [5, 5.41) is 11.7. The van der Waals surface area contributed by atoms with Gasteiger partial charge in [-0.15, -0.1) is 0 Å². The topological polar surface area (TPSA) is 86.7 Å². The highest BCUT2D eigenvalue weighted by Crippen LogP contribution is 2.20. The molecular weight excluding hydrogens is 272 g/mol. The van der Waals surface area contributed by atoms with E-state index in [0.717, 1.165) is 6.42 Å². The smallest absolute Gasteiger partial charge is 0.335 e. The number of carbonyl (C=O) groups is 3. The molecule has 1 heterocycles. The standard InChI is InChI=1S/C15H18N2O4/c1-16-14(19)12-7-4-8-17(12)13(18)9-10-5-2-3-6-11(10)15(20)21/h2-3,5-6,12H,4,7-9H2,1H3,(H,16,19)(H,20,21). The highest BCUT2D eigenvalue weighted by molar-refractivity contribution is 5.93. The molecule has 21 heavy (non-hydrogen) atoms. The van der Waals surface area contributed by atoms with Gasteiger partial charge in [-0.05, 0) is 24.5 Å². The molecule has 112 valence electrons. The Kier molecular flexibility index (Phi) is 4.57. The van der Waals surface area contributed by atoms with E-state index in [9.17, 15) is 14.4 Å². The number of nitrogens with one attached hydrogen (secondary N) is 1. The fraction of sp³-hybridized carbons (Fsp3) is 0.400. The number of carbonyl (C=O) groups excluding carboxylic acids is 2. The number of hydrogen-bond acceptors (Lipinski definition) is 3. The number of aromatic carboxylic acids is 1. The summed E-state index contributed by atoms with van der Waals surface area (Å²) in [6, 6.07) is 5.99. The Hall–Kier alpha value is -2.37. The van der Waals surface area contributed by atoms with Crippen molar-refractivity contribution in [2.24, 2.45) is 0 Å². The minimum Gasteiger partial charge on any atom is -0.478 e. The molecule has 2 rings (SSSR count). The zero-order chi connectivity index (χ0) is 15.4. The Morgan fingerprint density at radius 3 is 2.71 bits per heavy atom. The molecule has 1 aliphatic rings. The Labute approximate surface area is 122 Å². The van der Waals surface area contributed by atoms with Crippen LogP contribution in [0.2, 0.25) is 0 Å². The quantitative estimate of drug-likeness (QED) is 0.853. The Morgan fingerprint density at radius 1 is 1.33 bits per heavy atom. The molecule has 0 aliphatic carbocycles. The lowest BCUT2D eigenvalue weighted by Crippen LogP contribution is -2.45. The van der Waals surface area contributed by atoms with Gasteiger partial charge in [-0.2, -0.15) is 0 Å². The molecule has 1 saturated heterocycles. The van der Waals surface area contributed by atoms with Crippen molar-refractivity contribution in [3.63, 3.8) is 0 Å². The molecule has 2 amide bonds. The monoisotopic (exact) mass is 290 g/mol. The van der Waals surface area contributed by atoms with Crippen LogP contribution in [0.5, 0.6) is 0 Å². The number of likely N-dealkylation sites (N-methyl/N-ethyl adjacent to an activating group) is 1. The Bertz CT molecular complexity index is 571. The van der Waals surface area contributed by atoms with Crippen molar-refractivity contribution in [2.45, 2.75) is 25.3 Å². The van der Waals surface area contributed by atoms with Crippen molar-refractivity contribution < 1.29 is 19.5 Å². The minimum atomic E-state index is -1.05. The van der Waals surface area contributed by atoms with Crippen molar-refractivity contribution >= 4 is 17.8 Å². The molecule has 6 nitrogen and oxygen atoms in total. The van der Waals surface area contributed by atoms with Crippen LogP contribution in [0.3, 0.4) is 0 Å². The van der Waals surface area contributed by atoms with E-state index in [2.05, 4.69) is 5.32 Å². The minimum absolute atomic E-state index is 0.00400. The second kappa shape index (κ2) is 6.39. The van der Waals surface area contributed by atoms with Gasteiger partial charge < -0.3 is 15.3 Å². The zero-order valence-electron chi connectivity index (χ0n) is 11.8. The molecule has 1 atom stereocenters. The van der Waals surface area contributed by atoms with Crippen molar-refractivity contribution in [3.8, 4) is 0 Å². The van der Waals surface area contributed by atoms with Gasteiger partial charge in [-0.1, -0.05) is 18.2 Å². The zero-order valence-corrected chi connectivity index (χ0v) is 11.8. The van der Waals surface area contributed by atoms with Crippen LogP contribution in [-0.4, -0.2) is 47.4 Å². The molecule has 6 heteroatoms. The molecule has 0 radical (unpaired) electrons. The van der Waals surface area contributed by atoms with E-state index in [4.69, 9.17) is 5.11 Å². The maximum atomic E-state index is 12.4. The summed E-state index contributed by atoms with van der Waals surface area (Å²) in [5.41, 5.74) is 0.596. The lowest BCUT2D eigenvalue weighted by Gasteiger charge is -2.23. The van der Waals surface area contributed by atoms with Crippen LogP contribution in [0.1, 0.15) is 28.8 Å². The van der Waals surface area contributed by atoms with Gasteiger partial charge in [-0.3, -0.25) is 9.59 Å². The number of benzene rings is 1. The fourth-order valence-electron chi connectivity index (χ4n) is 2.65. The number of likely N-dealkylation sites (tertiary alicyclic amines) is 1. The summed E-state index contributed by atoms with van der Waals surface area (Å²) in [4.78, 5) is 36.8. The predicted molar refractivity (Wildman–Crippen MR) is 75.9 cm³/mol. The molecule has 0 saturated carbocycles. The van der Waals surface area contributed by atoms with E-state index in [0.29, 0.717) is 18.5 Å². The number of nitrogens with zero attached hydrogens (tertiary/aromatic N) is 1. The van der Waals surface area contributed by atoms with Crippen LogP contribution < -0.4 is 5.32 Å². The van der Waals surface area contributed by atoms with Crippen LogP contribution in [0.15, 0.2) is 24.3 Å². The number of carboxylic acids is 1. The molecule has 1 aromatic rings. The third kappa shape index (κ3) is 3.21. The van der Waals surface area contributed by atoms with Crippen molar-refractivity contribution in [1.29, 1.82) is 0 Å². The molecule has 0 aromatic heterocycles. The summed E-state index contributed by atoms with van der Waals surface area (Å²) >= 11 is 0. The molecule has 2 N–H and O–H groups in total. The SMILES string of the molecule is CNC(=O)C1CCCN1C(=O)Cc1ccccc1C(=O)O. The van der Waals surface area contributed by atoms with Crippen LogP contribution in [0.4, 0.5) is 0 Å². The molecule has 1 aliphatic heterocycles. The highest BCUT2D eigenvalue weighted by Gasteiger charge is 2.33. The van der Waals surface area contributed by atoms with Gasteiger partial charge in [0.25, 0.3) is 0 Å². The van der Waals surface area contributed by atoms with Gasteiger partial charge in [-0.25, -0.2) is 4.79 Å². The second-order valence-corrected chi connectivity index (χ2v) is 5.00. The normalized spacial score (nSPS) is 17.6. The first-order valence-electron chi connectivity index (χ1n) is 6.87. The van der Waals surface area contributed by atoms with Gasteiger partial charge in [0.15, 0.2) is 0 Å². The van der Waals surface area contributed by atoms with Crippen LogP contribution in [0.25, 0.3) is 0 Å². The van der Waals surface area contributed by atoms with E-state index < -0.39 is 12.0 Å². The number of amides is 2. The molecule has 1 fully saturated rings. The summed E-state index contributed by atoms with van der Waals surface area (Å²) in [5.74, 6) is -1.44. The van der Waals surface area contributed by atoms with Crippen molar-refractivity contribution in [1.82, 2.24) is 10.2 Å². The first-order valence-corrected chi connectivity index (χ1v) is 6.87. The van der Waals surface area contributed by atoms with Crippen molar-refractivity contribution in [2.75, 3.05) is 13.6 Å². The second-order valence-electron chi connectivity index (χ2n) is 5.00. The van der Waals surface area contributed by atoms with E-state index >= 15 is 0 Å². The van der Waals surface area contributed by atoms with E-state index in [1.54, 1.807) is 25.2 Å². The Morgan fingerprint density at radius 2 is 2.05 bits per heavy atom. The fourth-order valence-corrected chi connectivity index (χ4v) is 2.65. The number of rotatable bonds is 4. The summed E-state index contributed by atoms with van der Waals surface area (Å²) in [6.45, 7) is 0.534. The van der Waals surface area contributed by atoms with Gasteiger partial charge in [0.1, 0.15) is 6.04 Å². The summed E-state index contributed by atoms with van der Waals surface area (Å²) < 4.78 is 0. The first kappa shape index (κ1) is 15.0. The maximum Gasteiger partial charge on any atom is 0.335 e. The average Bonchev–Trinajstić information content (AvgIpc) is 2.96. The van der Waals surface area contributed by atoms with Crippen LogP contribution >= 0.6 is 0 Å². The van der Waals surface area contributed by atoms with E-state index in [1.165, 1.54) is 11.0 Å². The van der Waals surface area contributed by atoms with Gasteiger partial charge in [0.05, 0.1) is 12.0 Å². The Balaban J connectivity index is 2.15. The van der Waals surface area contributed by atoms with E-state index in [1.807, 2.05) is 0 Å². The van der Waals surface area contributed by atoms with Crippen LogP contribution in [0, 0.1) is 0 Å². The number of hydrogen-bond donors (Lipinski definition) is 2. The maximum absolute atomic E-state index is 12.4. The lowest BCUT2D eigenvalue weighted by molar-refractivity contribution is -0.137. The third-order valence-corrected chi connectivity index (χ3v) is 3.71. The molecule has 0 spiro atoms. The van der Waals surface area contributed by atoms with Gasteiger partial charge in [0, 0.05) is 13.6 Å². The largest absolute Gasteiger partial charge is 0.478 e. The molecule has 1 unspecified atom stereocenters. The van der Waals surface area contributed by atoms with Crippen LogP contribution in [-0.2, 0) is 16.0 Å².